The molecule has 0 unspecified atom stereocenters. The number of amides is 1. The number of nitrogens with zero attached hydrogens (tertiary/aromatic N) is 3. The number of hydrogen-bond donors (Lipinski definition) is 0. The van der Waals surface area contributed by atoms with Crippen LogP contribution in [0.4, 0.5) is 0 Å². The highest BCUT2D eigenvalue weighted by molar-refractivity contribution is 6.30. The molecule has 1 amide bonds. The second-order valence-corrected chi connectivity index (χ2v) is 8.64. The molecule has 0 bridgehead atoms. The van der Waals surface area contributed by atoms with E-state index in [9.17, 15) is 4.79 Å². The number of ether oxygens (including phenoxy) is 3. The van der Waals surface area contributed by atoms with Crippen molar-refractivity contribution in [3.8, 4) is 17.2 Å². The van der Waals surface area contributed by atoms with Crippen molar-refractivity contribution in [3.05, 3.63) is 94.6 Å². The number of hydrazone groups is 1. The Labute approximate surface area is 213 Å². The van der Waals surface area contributed by atoms with Crippen molar-refractivity contribution < 1.29 is 19.0 Å². The zero-order valence-corrected chi connectivity index (χ0v) is 20.8. The topological polar surface area (TPSA) is 73.2 Å². The Kier molecular flexibility index (Phi) is 6.48. The van der Waals surface area contributed by atoms with E-state index in [1.54, 1.807) is 33.5 Å². The molecule has 0 spiro atoms. The molecule has 1 aromatic heterocycles. The van der Waals surface area contributed by atoms with Gasteiger partial charge in [-0.15, -0.1) is 0 Å². The normalized spacial score (nSPS) is 15.1. The fraction of sp³-hybridized carbons (Fsp3) is 0.179. The Morgan fingerprint density at radius 2 is 1.69 bits per heavy atom. The van der Waals surface area contributed by atoms with Crippen LogP contribution in [-0.4, -0.2) is 42.9 Å². The van der Waals surface area contributed by atoms with E-state index in [2.05, 4.69) is 4.98 Å². The van der Waals surface area contributed by atoms with Gasteiger partial charge in [-0.2, -0.15) is 5.10 Å². The molecule has 3 aromatic carbocycles. The van der Waals surface area contributed by atoms with Gasteiger partial charge >= 0.3 is 0 Å². The average Bonchev–Trinajstić information content (AvgIpc) is 3.37. The smallest absolute Gasteiger partial charge is 0.274 e. The van der Waals surface area contributed by atoms with E-state index in [1.807, 2.05) is 60.7 Å². The summed E-state index contributed by atoms with van der Waals surface area (Å²) in [6, 6.07) is 21.8. The van der Waals surface area contributed by atoms with Gasteiger partial charge in [0.15, 0.2) is 11.5 Å². The maximum absolute atomic E-state index is 13.6. The van der Waals surface area contributed by atoms with Crippen LogP contribution < -0.4 is 14.2 Å². The predicted molar refractivity (Wildman–Crippen MR) is 139 cm³/mol. The van der Waals surface area contributed by atoms with Gasteiger partial charge in [0, 0.05) is 28.5 Å². The molecular weight excluding hydrogens is 478 g/mol. The van der Waals surface area contributed by atoms with E-state index < -0.39 is 6.04 Å². The molecule has 36 heavy (non-hydrogen) atoms. The molecule has 0 radical (unpaired) electrons. The van der Waals surface area contributed by atoms with E-state index in [1.165, 1.54) is 5.01 Å². The van der Waals surface area contributed by atoms with Crippen LogP contribution in [0.3, 0.4) is 0 Å². The largest absolute Gasteiger partial charge is 0.497 e. The van der Waals surface area contributed by atoms with Gasteiger partial charge in [0.05, 0.1) is 38.6 Å². The number of aromatic nitrogens is 1. The zero-order valence-electron chi connectivity index (χ0n) is 20.1. The first-order chi connectivity index (χ1) is 17.5. The van der Waals surface area contributed by atoms with E-state index in [0.717, 1.165) is 22.2 Å². The number of fused-ring (bicyclic) bond motifs is 1. The van der Waals surface area contributed by atoms with Gasteiger partial charge < -0.3 is 14.2 Å². The molecule has 0 aliphatic carbocycles. The second kappa shape index (κ2) is 9.87. The van der Waals surface area contributed by atoms with Crippen molar-refractivity contribution in [1.82, 2.24) is 9.99 Å². The summed E-state index contributed by atoms with van der Waals surface area (Å²) in [7, 11) is 4.79. The Balaban J connectivity index is 1.61. The summed E-state index contributed by atoms with van der Waals surface area (Å²) < 4.78 is 16.2. The highest BCUT2D eigenvalue weighted by Crippen LogP contribution is 2.39. The van der Waals surface area contributed by atoms with E-state index in [4.69, 9.17) is 30.9 Å². The highest BCUT2D eigenvalue weighted by atomic mass is 35.5. The maximum atomic E-state index is 13.6. The third-order valence-electron chi connectivity index (χ3n) is 6.22. The van der Waals surface area contributed by atoms with Crippen molar-refractivity contribution in [2.45, 2.75) is 12.5 Å². The van der Waals surface area contributed by atoms with Crippen LogP contribution in [0.2, 0.25) is 5.15 Å². The minimum Gasteiger partial charge on any atom is -0.497 e. The maximum Gasteiger partial charge on any atom is 0.274 e. The molecule has 182 valence electrons. The lowest BCUT2D eigenvalue weighted by Gasteiger charge is -2.23. The van der Waals surface area contributed by atoms with Crippen molar-refractivity contribution in [2.75, 3.05) is 21.3 Å². The van der Waals surface area contributed by atoms with Crippen LogP contribution >= 0.6 is 11.6 Å². The second-order valence-electron chi connectivity index (χ2n) is 8.28. The van der Waals surface area contributed by atoms with Gasteiger partial charge in [-0.1, -0.05) is 29.8 Å². The molecule has 0 saturated carbocycles. The van der Waals surface area contributed by atoms with Crippen LogP contribution in [0.25, 0.3) is 10.9 Å². The number of pyridine rings is 1. The molecule has 4 aromatic rings. The first kappa shape index (κ1) is 23.6. The van der Waals surface area contributed by atoms with Gasteiger partial charge in [0.1, 0.15) is 10.9 Å². The lowest BCUT2D eigenvalue weighted by Crippen LogP contribution is -2.27. The summed E-state index contributed by atoms with van der Waals surface area (Å²) in [6.07, 6.45) is 0.449. The van der Waals surface area contributed by atoms with Crippen LogP contribution in [-0.2, 0) is 0 Å². The first-order valence-electron chi connectivity index (χ1n) is 11.3. The number of carbonyl (C=O) groups excluding carboxylic acids is 1. The summed E-state index contributed by atoms with van der Waals surface area (Å²) in [5, 5.41) is 7.46. The third-order valence-corrected chi connectivity index (χ3v) is 6.52. The van der Waals surface area contributed by atoms with Gasteiger partial charge in [0.25, 0.3) is 5.91 Å². The number of carbonyl (C=O) groups is 1. The van der Waals surface area contributed by atoms with E-state index in [-0.39, 0.29) is 5.91 Å². The van der Waals surface area contributed by atoms with Gasteiger partial charge in [-0.25, -0.2) is 9.99 Å². The fourth-order valence-corrected chi connectivity index (χ4v) is 4.62. The number of halogens is 1. The lowest BCUT2D eigenvalue weighted by atomic mass is 9.97. The molecular formula is C28H24ClN3O4. The quantitative estimate of drug-likeness (QED) is 0.307. The molecule has 2 heterocycles. The van der Waals surface area contributed by atoms with Crippen molar-refractivity contribution >= 4 is 34.1 Å². The van der Waals surface area contributed by atoms with E-state index >= 15 is 0 Å². The Morgan fingerprint density at radius 1 is 0.917 bits per heavy atom. The molecule has 1 aliphatic heterocycles. The van der Waals surface area contributed by atoms with Crippen LogP contribution in [0.15, 0.2) is 77.9 Å². The molecule has 8 heteroatoms. The fourth-order valence-electron chi connectivity index (χ4n) is 4.35. The lowest BCUT2D eigenvalue weighted by molar-refractivity contribution is 0.0711. The summed E-state index contributed by atoms with van der Waals surface area (Å²) in [5.41, 5.74) is 3.54. The monoisotopic (exact) mass is 501 g/mol. The van der Waals surface area contributed by atoms with E-state index in [0.29, 0.717) is 39.9 Å². The minimum atomic E-state index is -0.448. The van der Waals surface area contributed by atoms with Crippen LogP contribution in [0.1, 0.15) is 33.9 Å². The Hall–Kier alpha value is -4.10. The number of rotatable bonds is 6. The number of hydrogen-bond acceptors (Lipinski definition) is 6. The number of benzene rings is 3. The minimum absolute atomic E-state index is 0.224. The third kappa shape index (κ3) is 4.33. The van der Waals surface area contributed by atoms with Crippen molar-refractivity contribution in [2.24, 2.45) is 5.10 Å². The standard InChI is InChI=1S/C28H24ClN3O4/c1-34-20-10-11-22-19(13-20)14-21(27(29)30-22)24-16-23(18-9-12-25(35-2)26(15-18)36-3)31-32(24)28(33)17-7-5-4-6-8-17/h4-15,24H,16H2,1-3H3/t24-/m1/s1. The van der Waals surface area contributed by atoms with Gasteiger partial charge in [-0.3, -0.25) is 4.79 Å². The summed E-state index contributed by atoms with van der Waals surface area (Å²) in [6.45, 7) is 0. The Morgan fingerprint density at radius 3 is 2.42 bits per heavy atom. The summed E-state index contributed by atoms with van der Waals surface area (Å²) in [5.74, 6) is 1.69. The molecule has 1 atom stereocenters. The summed E-state index contributed by atoms with van der Waals surface area (Å²) in [4.78, 5) is 18.2. The Bertz CT molecular complexity index is 1470. The summed E-state index contributed by atoms with van der Waals surface area (Å²) >= 11 is 6.69. The molecule has 0 N–H and O–H groups in total. The van der Waals surface area contributed by atoms with Crippen LogP contribution in [0.5, 0.6) is 17.2 Å². The molecule has 0 fully saturated rings. The van der Waals surface area contributed by atoms with Gasteiger partial charge in [0.2, 0.25) is 0 Å². The SMILES string of the molecule is COc1ccc2nc(Cl)c([C@H]3CC(c4ccc(OC)c(OC)c4)=NN3C(=O)c3ccccc3)cc2c1. The highest BCUT2D eigenvalue weighted by Gasteiger charge is 2.35. The van der Waals surface area contributed by atoms with Crippen molar-refractivity contribution in [1.29, 1.82) is 0 Å². The number of methoxy groups -OCH3 is 3. The van der Waals surface area contributed by atoms with Crippen molar-refractivity contribution in [3.63, 3.8) is 0 Å². The molecule has 0 saturated heterocycles. The average molecular weight is 502 g/mol. The molecule has 7 nitrogen and oxygen atoms in total. The predicted octanol–water partition coefficient (Wildman–Crippen LogP) is 5.91. The molecule has 5 rings (SSSR count). The molecule has 1 aliphatic rings. The van der Waals surface area contributed by atoms with Gasteiger partial charge in [-0.05, 0) is 54.6 Å². The van der Waals surface area contributed by atoms with Crippen LogP contribution in [0, 0.1) is 0 Å². The zero-order chi connectivity index (χ0) is 25.2. The first-order valence-corrected chi connectivity index (χ1v) is 11.7.